The SMILES string of the molecule is Cc1[nH]cnc1C(=O)N1CCn2nc(-c3ccccc3)nc2[C@@H]1C(C)C.O=CO. The lowest BCUT2D eigenvalue weighted by Gasteiger charge is -2.37. The normalized spacial score (nSPS) is 15.4. The Balaban J connectivity index is 0.000000755. The van der Waals surface area contributed by atoms with Crippen molar-refractivity contribution in [3.8, 4) is 11.4 Å². The number of imidazole rings is 1. The van der Waals surface area contributed by atoms with Gasteiger partial charge < -0.3 is 15.0 Å². The molecule has 0 saturated carbocycles. The number of aryl methyl sites for hydroxylation is 1. The van der Waals surface area contributed by atoms with Crippen molar-refractivity contribution >= 4 is 12.4 Å². The zero-order valence-electron chi connectivity index (χ0n) is 16.6. The Morgan fingerprint density at radius 3 is 2.55 bits per heavy atom. The third-order valence-corrected chi connectivity index (χ3v) is 4.81. The van der Waals surface area contributed by atoms with Gasteiger partial charge in [-0.1, -0.05) is 44.2 Å². The molecule has 1 aliphatic rings. The van der Waals surface area contributed by atoms with Crippen LogP contribution in [-0.2, 0) is 11.3 Å². The van der Waals surface area contributed by atoms with Gasteiger partial charge in [0.2, 0.25) is 0 Å². The standard InChI is InChI=1S/C19H22N6O.CH2O2/c1-12(2)16-18-22-17(14-7-5-4-6-8-14)23-25(18)10-9-24(16)19(26)15-13(3)20-11-21-15;2-1-3/h4-8,11-12,16H,9-10H2,1-3H3,(H,20,21);1H,(H,2,3)/t16-;/m0./s1. The van der Waals surface area contributed by atoms with Gasteiger partial charge in [0, 0.05) is 17.8 Å². The van der Waals surface area contributed by atoms with Crippen LogP contribution in [0.1, 0.15) is 41.9 Å². The minimum atomic E-state index is -0.250. The van der Waals surface area contributed by atoms with E-state index in [-0.39, 0.29) is 24.3 Å². The van der Waals surface area contributed by atoms with Crippen LogP contribution in [0.5, 0.6) is 0 Å². The van der Waals surface area contributed by atoms with Gasteiger partial charge in [-0.05, 0) is 12.8 Å². The van der Waals surface area contributed by atoms with E-state index >= 15 is 0 Å². The lowest BCUT2D eigenvalue weighted by molar-refractivity contribution is -0.122. The first-order valence-electron chi connectivity index (χ1n) is 9.36. The highest BCUT2D eigenvalue weighted by molar-refractivity contribution is 5.93. The molecule has 0 saturated heterocycles. The Hall–Kier alpha value is -3.49. The molecule has 4 rings (SSSR count). The van der Waals surface area contributed by atoms with Gasteiger partial charge in [-0.25, -0.2) is 14.6 Å². The van der Waals surface area contributed by atoms with Gasteiger partial charge in [-0.2, -0.15) is 5.10 Å². The summed E-state index contributed by atoms with van der Waals surface area (Å²) in [6, 6.07) is 9.81. The molecule has 1 amide bonds. The largest absolute Gasteiger partial charge is 0.483 e. The molecule has 29 heavy (non-hydrogen) atoms. The minimum Gasteiger partial charge on any atom is -0.483 e. The summed E-state index contributed by atoms with van der Waals surface area (Å²) >= 11 is 0. The molecule has 1 aromatic carbocycles. The van der Waals surface area contributed by atoms with E-state index in [4.69, 9.17) is 14.9 Å². The summed E-state index contributed by atoms with van der Waals surface area (Å²) in [4.78, 5) is 35.3. The molecule has 0 aliphatic carbocycles. The van der Waals surface area contributed by atoms with Crippen molar-refractivity contribution < 1.29 is 14.7 Å². The van der Waals surface area contributed by atoms with Gasteiger partial charge in [0.15, 0.2) is 11.6 Å². The predicted octanol–water partition coefficient (Wildman–Crippen LogP) is 2.53. The number of carbonyl (C=O) groups is 2. The van der Waals surface area contributed by atoms with Crippen LogP contribution in [-0.4, -0.2) is 53.7 Å². The molecule has 2 aromatic heterocycles. The fourth-order valence-electron chi connectivity index (χ4n) is 3.52. The number of aromatic amines is 1. The van der Waals surface area contributed by atoms with Gasteiger partial charge in [-0.3, -0.25) is 9.59 Å². The van der Waals surface area contributed by atoms with Crippen LogP contribution in [0.25, 0.3) is 11.4 Å². The van der Waals surface area contributed by atoms with E-state index in [0.29, 0.717) is 24.6 Å². The number of nitrogens with zero attached hydrogens (tertiary/aromatic N) is 5. The van der Waals surface area contributed by atoms with E-state index in [1.807, 2.05) is 46.8 Å². The van der Waals surface area contributed by atoms with Crippen molar-refractivity contribution in [3.63, 3.8) is 0 Å². The molecule has 1 aliphatic heterocycles. The van der Waals surface area contributed by atoms with Crippen LogP contribution in [0.4, 0.5) is 0 Å². The van der Waals surface area contributed by atoms with Crippen molar-refractivity contribution in [1.29, 1.82) is 0 Å². The number of carboxylic acid groups (broad SMARTS) is 1. The van der Waals surface area contributed by atoms with Gasteiger partial charge in [-0.15, -0.1) is 0 Å². The molecule has 1 atom stereocenters. The molecule has 0 spiro atoms. The highest BCUT2D eigenvalue weighted by Crippen LogP contribution is 2.33. The first-order valence-corrected chi connectivity index (χ1v) is 9.36. The first-order chi connectivity index (χ1) is 14.0. The minimum absolute atomic E-state index is 0.0574. The van der Waals surface area contributed by atoms with Crippen molar-refractivity contribution in [2.75, 3.05) is 6.54 Å². The Morgan fingerprint density at radius 2 is 1.97 bits per heavy atom. The Kier molecular flexibility index (Phi) is 6.06. The lowest BCUT2D eigenvalue weighted by atomic mass is 9.99. The molecule has 3 heterocycles. The van der Waals surface area contributed by atoms with E-state index in [9.17, 15) is 4.79 Å². The van der Waals surface area contributed by atoms with E-state index in [2.05, 4.69) is 28.9 Å². The summed E-state index contributed by atoms with van der Waals surface area (Å²) in [6.07, 6.45) is 1.56. The maximum Gasteiger partial charge on any atom is 0.290 e. The number of nitrogens with one attached hydrogen (secondary N) is 1. The molecule has 9 heteroatoms. The van der Waals surface area contributed by atoms with Crippen LogP contribution in [0.3, 0.4) is 0 Å². The van der Waals surface area contributed by atoms with E-state index in [1.54, 1.807) is 6.33 Å². The van der Waals surface area contributed by atoms with Gasteiger partial charge in [0.05, 0.1) is 18.9 Å². The summed E-state index contributed by atoms with van der Waals surface area (Å²) < 4.78 is 1.94. The topological polar surface area (TPSA) is 117 Å². The fourth-order valence-corrected chi connectivity index (χ4v) is 3.52. The number of aromatic nitrogens is 5. The summed E-state index contributed by atoms with van der Waals surface area (Å²) in [7, 11) is 0. The molecule has 9 nitrogen and oxygen atoms in total. The van der Waals surface area contributed by atoms with Crippen LogP contribution < -0.4 is 0 Å². The molecule has 0 radical (unpaired) electrons. The highest BCUT2D eigenvalue weighted by atomic mass is 16.3. The van der Waals surface area contributed by atoms with Gasteiger partial charge in [0.1, 0.15) is 5.69 Å². The van der Waals surface area contributed by atoms with Crippen LogP contribution in [0, 0.1) is 12.8 Å². The number of H-pyrrole nitrogens is 1. The smallest absolute Gasteiger partial charge is 0.290 e. The van der Waals surface area contributed by atoms with Crippen LogP contribution >= 0.6 is 0 Å². The summed E-state index contributed by atoms with van der Waals surface area (Å²) in [5.41, 5.74) is 2.25. The number of hydrogen-bond acceptors (Lipinski definition) is 5. The predicted molar refractivity (Wildman–Crippen MR) is 106 cm³/mol. The van der Waals surface area contributed by atoms with E-state index in [0.717, 1.165) is 17.1 Å². The van der Waals surface area contributed by atoms with E-state index < -0.39 is 0 Å². The van der Waals surface area contributed by atoms with Crippen LogP contribution in [0.2, 0.25) is 0 Å². The number of amides is 1. The summed E-state index contributed by atoms with van der Waals surface area (Å²) in [5, 5.41) is 11.6. The number of hydrogen-bond donors (Lipinski definition) is 2. The zero-order valence-corrected chi connectivity index (χ0v) is 16.6. The Labute approximate surface area is 168 Å². The van der Waals surface area contributed by atoms with Crippen molar-refractivity contribution in [3.05, 3.63) is 53.9 Å². The van der Waals surface area contributed by atoms with Gasteiger partial charge in [0.25, 0.3) is 12.4 Å². The monoisotopic (exact) mass is 396 g/mol. The molecule has 3 aromatic rings. The molecule has 0 fully saturated rings. The third kappa shape index (κ3) is 4.03. The molecule has 152 valence electrons. The third-order valence-electron chi connectivity index (χ3n) is 4.81. The van der Waals surface area contributed by atoms with Crippen molar-refractivity contribution in [1.82, 2.24) is 29.6 Å². The number of benzene rings is 1. The van der Waals surface area contributed by atoms with Crippen molar-refractivity contribution in [2.24, 2.45) is 5.92 Å². The quantitative estimate of drug-likeness (QED) is 0.657. The van der Waals surface area contributed by atoms with E-state index in [1.165, 1.54) is 0 Å². The number of rotatable bonds is 3. The Bertz CT molecular complexity index is 979. The number of carbonyl (C=O) groups excluding carboxylic acids is 1. The van der Waals surface area contributed by atoms with Crippen molar-refractivity contribution in [2.45, 2.75) is 33.4 Å². The molecule has 2 N–H and O–H groups in total. The second-order valence-corrected chi connectivity index (χ2v) is 7.05. The van der Waals surface area contributed by atoms with Gasteiger partial charge >= 0.3 is 0 Å². The van der Waals surface area contributed by atoms with Crippen LogP contribution in [0.15, 0.2) is 36.7 Å². The average molecular weight is 396 g/mol. The lowest BCUT2D eigenvalue weighted by Crippen LogP contribution is -2.45. The molecule has 0 unspecified atom stereocenters. The maximum absolute atomic E-state index is 13.1. The molecular weight excluding hydrogens is 372 g/mol. The fraction of sp³-hybridized carbons (Fsp3) is 0.350. The molecular formula is C20H24N6O3. The Morgan fingerprint density at radius 1 is 1.28 bits per heavy atom. The average Bonchev–Trinajstić information content (AvgIpc) is 3.33. The summed E-state index contributed by atoms with van der Waals surface area (Å²) in [6.45, 7) is 7.06. The zero-order chi connectivity index (χ0) is 21.0. The first kappa shape index (κ1) is 20.2. The molecule has 0 bridgehead atoms. The number of fused-ring (bicyclic) bond motifs is 1. The highest BCUT2D eigenvalue weighted by Gasteiger charge is 2.37. The summed E-state index contributed by atoms with van der Waals surface area (Å²) in [5.74, 6) is 1.70. The second-order valence-electron chi connectivity index (χ2n) is 7.05. The second kappa shape index (κ2) is 8.68. The maximum atomic E-state index is 13.1.